The summed E-state index contributed by atoms with van der Waals surface area (Å²) in [4.78, 5) is 45.9. The first-order valence-electron chi connectivity index (χ1n) is 6.65. The quantitative estimate of drug-likeness (QED) is 0.380. The van der Waals surface area contributed by atoms with Crippen molar-refractivity contribution in [3.8, 4) is 11.4 Å². The van der Waals surface area contributed by atoms with Crippen molar-refractivity contribution in [1.82, 2.24) is 9.97 Å². The maximum absolute atomic E-state index is 10.6. The molecule has 0 aliphatic rings. The van der Waals surface area contributed by atoms with E-state index in [1.54, 1.807) is 0 Å². The molecular formula is C14H14N4O8Pd. The summed E-state index contributed by atoms with van der Waals surface area (Å²) in [5.74, 6) is -1.67. The van der Waals surface area contributed by atoms with Gasteiger partial charge in [0.05, 0.1) is 21.2 Å². The maximum atomic E-state index is 10.6. The van der Waals surface area contributed by atoms with Gasteiger partial charge >= 0.3 is 0 Å². The van der Waals surface area contributed by atoms with Crippen molar-refractivity contribution >= 4 is 23.3 Å². The van der Waals surface area contributed by atoms with Crippen LogP contribution in [0.3, 0.4) is 0 Å². The number of carboxylic acid groups (broad SMARTS) is 2. The molecule has 0 spiro atoms. The molecule has 12 nitrogen and oxygen atoms in total. The Morgan fingerprint density at radius 3 is 1.33 bits per heavy atom. The Morgan fingerprint density at radius 1 is 0.852 bits per heavy atom. The van der Waals surface area contributed by atoms with Gasteiger partial charge in [-0.1, -0.05) is 0 Å². The maximum Gasteiger partial charge on any atom is 0.300 e. The first kappa shape index (κ1) is 25.9. The molecule has 2 N–H and O–H groups in total. The fraction of sp³-hybridized carbons (Fsp3) is 0.143. The average Bonchev–Trinajstić information content (AvgIpc) is 2.54. The molecule has 148 valence electrons. The standard InChI is InChI=1S/C10H6N4O4.2C2H4O2.Pd/c15-13(16)7-1-3-11-9(5-7)10-6-8(14(17)18)2-4-12-10;2*1-2(3)4;/h1-6H;2*1H3,(H,3,4);. The number of pyridine rings is 2. The molecule has 0 bridgehead atoms. The second-order valence-electron chi connectivity index (χ2n) is 4.35. The Morgan fingerprint density at radius 2 is 1.11 bits per heavy atom. The van der Waals surface area contributed by atoms with Crippen molar-refractivity contribution in [1.29, 1.82) is 0 Å². The molecule has 2 aromatic rings. The minimum atomic E-state index is -0.833. The summed E-state index contributed by atoms with van der Waals surface area (Å²) in [7, 11) is 0. The van der Waals surface area contributed by atoms with E-state index in [0.29, 0.717) is 0 Å². The van der Waals surface area contributed by atoms with Gasteiger partial charge in [0.1, 0.15) is 0 Å². The number of nitro groups is 2. The van der Waals surface area contributed by atoms with Crippen LogP contribution in [-0.2, 0) is 30.0 Å². The van der Waals surface area contributed by atoms with E-state index >= 15 is 0 Å². The van der Waals surface area contributed by atoms with Crippen molar-refractivity contribution in [3.63, 3.8) is 0 Å². The van der Waals surface area contributed by atoms with Gasteiger partial charge in [0.25, 0.3) is 23.3 Å². The second kappa shape index (κ2) is 13.0. The number of hydrogen-bond acceptors (Lipinski definition) is 8. The second-order valence-corrected chi connectivity index (χ2v) is 4.35. The third kappa shape index (κ3) is 11.8. The minimum absolute atomic E-state index is 0. The molecule has 0 aliphatic heterocycles. The molecule has 0 saturated carbocycles. The van der Waals surface area contributed by atoms with Crippen LogP contribution in [0.25, 0.3) is 11.4 Å². The number of hydrogen-bond donors (Lipinski definition) is 2. The van der Waals surface area contributed by atoms with E-state index in [1.807, 2.05) is 0 Å². The molecule has 0 amide bonds. The SMILES string of the molecule is CC(=O)O.CC(=O)O.O=[N+]([O-])c1ccnc(-c2cc([N+](=O)[O-])ccn2)c1.[Pd]. The first-order valence-corrected chi connectivity index (χ1v) is 6.65. The molecule has 2 rings (SSSR count). The number of carbonyl (C=O) groups is 2. The monoisotopic (exact) mass is 472 g/mol. The average molecular weight is 473 g/mol. The van der Waals surface area contributed by atoms with Gasteiger partial charge in [-0.25, -0.2) is 0 Å². The number of carboxylic acids is 2. The molecule has 0 unspecified atom stereocenters. The van der Waals surface area contributed by atoms with Gasteiger partial charge in [-0.05, 0) is 0 Å². The van der Waals surface area contributed by atoms with E-state index in [1.165, 1.54) is 36.7 Å². The molecule has 0 atom stereocenters. The number of nitrogens with zero attached hydrogens (tertiary/aromatic N) is 4. The van der Waals surface area contributed by atoms with Crippen LogP contribution in [0.1, 0.15) is 13.8 Å². The Kier molecular flexibility index (Phi) is 12.5. The zero-order chi connectivity index (χ0) is 20.3. The van der Waals surface area contributed by atoms with Crippen molar-refractivity contribution in [2.75, 3.05) is 0 Å². The number of aliphatic carboxylic acids is 2. The normalized spacial score (nSPS) is 8.52. The fourth-order valence-electron chi connectivity index (χ4n) is 1.35. The number of rotatable bonds is 3. The number of aromatic nitrogens is 2. The molecule has 0 aliphatic carbocycles. The van der Waals surface area contributed by atoms with E-state index in [-0.39, 0.29) is 43.2 Å². The van der Waals surface area contributed by atoms with Gasteiger partial charge in [-0.2, -0.15) is 0 Å². The van der Waals surface area contributed by atoms with Crippen molar-refractivity contribution in [3.05, 3.63) is 56.9 Å². The molecule has 0 aromatic carbocycles. The van der Waals surface area contributed by atoms with Crippen LogP contribution in [0, 0.1) is 20.2 Å². The first-order chi connectivity index (χ1) is 12.0. The summed E-state index contributed by atoms with van der Waals surface area (Å²) in [6.07, 6.45) is 2.52. The van der Waals surface area contributed by atoms with Gasteiger partial charge in [0.2, 0.25) is 0 Å². The van der Waals surface area contributed by atoms with E-state index in [2.05, 4.69) is 9.97 Å². The molecule has 0 fully saturated rings. The summed E-state index contributed by atoms with van der Waals surface area (Å²) in [6, 6.07) is 4.90. The van der Waals surface area contributed by atoms with Crippen LogP contribution >= 0.6 is 0 Å². The van der Waals surface area contributed by atoms with Gasteiger partial charge in [0, 0.05) is 70.9 Å². The van der Waals surface area contributed by atoms with E-state index < -0.39 is 21.8 Å². The third-order valence-electron chi connectivity index (χ3n) is 2.17. The summed E-state index contributed by atoms with van der Waals surface area (Å²) in [5, 5.41) is 36.1. The molecule has 2 heterocycles. The van der Waals surface area contributed by atoms with Gasteiger partial charge in [-0.15, -0.1) is 0 Å². The van der Waals surface area contributed by atoms with Crippen LogP contribution in [-0.4, -0.2) is 42.0 Å². The van der Waals surface area contributed by atoms with Gasteiger partial charge in [0.15, 0.2) is 0 Å². The molecule has 13 heteroatoms. The van der Waals surface area contributed by atoms with E-state index in [0.717, 1.165) is 13.8 Å². The Bertz CT molecular complexity index is 740. The predicted molar refractivity (Wildman–Crippen MR) is 87.4 cm³/mol. The van der Waals surface area contributed by atoms with E-state index in [9.17, 15) is 20.2 Å². The molecule has 27 heavy (non-hydrogen) atoms. The van der Waals surface area contributed by atoms with Crippen LogP contribution < -0.4 is 0 Å². The molecule has 0 radical (unpaired) electrons. The third-order valence-corrected chi connectivity index (χ3v) is 2.17. The van der Waals surface area contributed by atoms with E-state index in [4.69, 9.17) is 19.8 Å². The molecule has 0 saturated heterocycles. The van der Waals surface area contributed by atoms with Crippen LogP contribution in [0.4, 0.5) is 11.4 Å². The summed E-state index contributed by atoms with van der Waals surface area (Å²) >= 11 is 0. The Hall–Kier alpha value is -3.30. The molecule has 2 aromatic heterocycles. The van der Waals surface area contributed by atoms with Crippen LogP contribution in [0.15, 0.2) is 36.7 Å². The largest absolute Gasteiger partial charge is 0.481 e. The Labute approximate surface area is 165 Å². The van der Waals surface area contributed by atoms with Crippen molar-refractivity contribution < 1.29 is 50.1 Å². The summed E-state index contributed by atoms with van der Waals surface area (Å²) in [6.45, 7) is 2.17. The zero-order valence-corrected chi connectivity index (χ0v) is 15.5. The zero-order valence-electron chi connectivity index (χ0n) is 13.9. The van der Waals surface area contributed by atoms with Gasteiger partial charge < -0.3 is 10.2 Å². The predicted octanol–water partition coefficient (Wildman–Crippen LogP) is 2.14. The topological polar surface area (TPSA) is 187 Å². The summed E-state index contributed by atoms with van der Waals surface area (Å²) < 4.78 is 0. The van der Waals surface area contributed by atoms with Crippen molar-refractivity contribution in [2.24, 2.45) is 0 Å². The molecular weight excluding hydrogens is 459 g/mol. The fourth-order valence-corrected chi connectivity index (χ4v) is 1.35. The van der Waals surface area contributed by atoms with Crippen molar-refractivity contribution in [2.45, 2.75) is 13.8 Å². The minimum Gasteiger partial charge on any atom is -0.481 e. The van der Waals surface area contributed by atoms with Gasteiger partial charge in [-0.3, -0.25) is 39.8 Å². The Balaban J connectivity index is 0. The van der Waals surface area contributed by atoms with Crippen LogP contribution in [0.5, 0.6) is 0 Å². The smallest absolute Gasteiger partial charge is 0.300 e. The summed E-state index contributed by atoms with van der Waals surface area (Å²) in [5.41, 5.74) is 0.141. The van der Waals surface area contributed by atoms with Crippen LogP contribution in [0.2, 0.25) is 0 Å².